The Bertz CT molecular complexity index is 524. The number of rotatable bonds is 4. The maximum Gasteiger partial charge on any atom is 0.306 e. The molecule has 2 heterocycles. The van der Waals surface area contributed by atoms with Gasteiger partial charge in [0, 0.05) is 29.9 Å². The van der Waals surface area contributed by atoms with Gasteiger partial charge in [-0.15, -0.1) is 0 Å². The summed E-state index contributed by atoms with van der Waals surface area (Å²) in [5.41, 5.74) is 3.63. The Morgan fingerprint density at radius 2 is 2.14 bits per heavy atom. The van der Waals surface area contributed by atoms with Crippen molar-refractivity contribution in [2.24, 2.45) is 5.92 Å². The summed E-state index contributed by atoms with van der Waals surface area (Å²) < 4.78 is 2.05. The molecule has 5 heteroatoms. The van der Waals surface area contributed by atoms with Crippen LogP contribution in [-0.4, -0.2) is 38.3 Å². The molecule has 21 heavy (non-hydrogen) atoms. The van der Waals surface area contributed by atoms with Gasteiger partial charge in [-0.1, -0.05) is 0 Å². The van der Waals surface area contributed by atoms with Crippen molar-refractivity contribution in [3.8, 4) is 0 Å². The topological polar surface area (TPSA) is 58.4 Å². The summed E-state index contributed by atoms with van der Waals surface area (Å²) >= 11 is 0. The third-order valence-corrected chi connectivity index (χ3v) is 4.93. The average Bonchev–Trinajstić information content (AvgIpc) is 2.72. The van der Waals surface area contributed by atoms with E-state index in [1.807, 2.05) is 0 Å². The van der Waals surface area contributed by atoms with E-state index in [1.165, 1.54) is 11.3 Å². The molecular formula is C16H27N3O2. The molecule has 0 saturated carbocycles. The molecule has 3 unspecified atom stereocenters. The van der Waals surface area contributed by atoms with E-state index in [1.54, 1.807) is 0 Å². The summed E-state index contributed by atoms with van der Waals surface area (Å²) in [6.45, 7) is 12.4. The fourth-order valence-electron chi connectivity index (χ4n) is 3.78. The van der Waals surface area contributed by atoms with E-state index < -0.39 is 5.97 Å². The maximum atomic E-state index is 11.2. The van der Waals surface area contributed by atoms with Crippen LogP contribution in [0.2, 0.25) is 0 Å². The van der Waals surface area contributed by atoms with E-state index in [0.29, 0.717) is 6.04 Å². The first-order valence-electron chi connectivity index (χ1n) is 7.89. The van der Waals surface area contributed by atoms with Gasteiger partial charge < -0.3 is 5.11 Å². The van der Waals surface area contributed by atoms with Crippen LogP contribution in [0.15, 0.2) is 0 Å². The van der Waals surface area contributed by atoms with Gasteiger partial charge in [0.25, 0.3) is 0 Å². The molecule has 0 aliphatic carbocycles. The standard InChI is InChI=1S/C16H27N3O2/c1-6-19-13(5)15(11(3)17-19)12(4)18-8-7-14(16(20)21)9-10(18)2/h10,12,14H,6-9H2,1-5H3,(H,20,21). The molecule has 0 amide bonds. The SMILES string of the molecule is CCn1nc(C)c(C(C)N2CCC(C(=O)O)CC2C)c1C. The molecule has 3 atom stereocenters. The van der Waals surface area contributed by atoms with Crippen molar-refractivity contribution in [1.82, 2.24) is 14.7 Å². The van der Waals surface area contributed by atoms with E-state index in [0.717, 1.165) is 31.6 Å². The van der Waals surface area contributed by atoms with Crippen molar-refractivity contribution in [3.63, 3.8) is 0 Å². The second-order valence-corrected chi connectivity index (χ2v) is 6.22. The lowest BCUT2D eigenvalue weighted by atomic mass is 9.89. The van der Waals surface area contributed by atoms with E-state index in [9.17, 15) is 9.90 Å². The van der Waals surface area contributed by atoms with Crippen LogP contribution in [0.3, 0.4) is 0 Å². The average molecular weight is 293 g/mol. The van der Waals surface area contributed by atoms with Crippen molar-refractivity contribution in [3.05, 3.63) is 17.0 Å². The summed E-state index contributed by atoms with van der Waals surface area (Å²) in [6, 6.07) is 0.577. The Labute approximate surface area is 126 Å². The first-order valence-corrected chi connectivity index (χ1v) is 7.89. The number of piperidine rings is 1. The van der Waals surface area contributed by atoms with Gasteiger partial charge in [-0.3, -0.25) is 14.4 Å². The highest BCUT2D eigenvalue weighted by atomic mass is 16.4. The van der Waals surface area contributed by atoms with Gasteiger partial charge in [0.1, 0.15) is 0 Å². The number of aromatic nitrogens is 2. The Morgan fingerprint density at radius 3 is 2.62 bits per heavy atom. The zero-order valence-corrected chi connectivity index (χ0v) is 13.8. The molecule has 0 spiro atoms. The predicted octanol–water partition coefficient (Wildman–Crippen LogP) is 2.77. The molecule has 1 aliphatic rings. The van der Waals surface area contributed by atoms with Gasteiger partial charge in [-0.25, -0.2) is 0 Å². The van der Waals surface area contributed by atoms with Gasteiger partial charge in [0.15, 0.2) is 0 Å². The monoisotopic (exact) mass is 293 g/mol. The third kappa shape index (κ3) is 2.98. The lowest BCUT2D eigenvalue weighted by molar-refractivity contribution is -0.144. The zero-order valence-electron chi connectivity index (χ0n) is 13.8. The molecular weight excluding hydrogens is 266 g/mol. The number of carbonyl (C=O) groups is 1. The van der Waals surface area contributed by atoms with Crippen molar-refractivity contribution < 1.29 is 9.90 Å². The molecule has 1 fully saturated rings. The first kappa shape index (κ1) is 16.0. The van der Waals surface area contributed by atoms with Crippen molar-refractivity contribution in [2.45, 2.75) is 66.1 Å². The van der Waals surface area contributed by atoms with Crippen LogP contribution in [0.25, 0.3) is 0 Å². The fraction of sp³-hybridized carbons (Fsp3) is 0.750. The van der Waals surface area contributed by atoms with E-state index in [-0.39, 0.29) is 12.0 Å². The molecule has 1 aliphatic heterocycles. The van der Waals surface area contributed by atoms with Crippen LogP contribution < -0.4 is 0 Å². The lowest BCUT2D eigenvalue weighted by Gasteiger charge is -2.40. The molecule has 0 bridgehead atoms. The van der Waals surface area contributed by atoms with Crippen molar-refractivity contribution in [2.75, 3.05) is 6.54 Å². The van der Waals surface area contributed by atoms with Crippen LogP contribution in [0.4, 0.5) is 0 Å². The molecule has 118 valence electrons. The largest absolute Gasteiger partial charge is 0.481 e. The first-order chi connectivity index (χ1) is 9.86. The smallest absolute Gasteiger partial charge is 0.306 e. The minimum atomic E-state index is -0.652. The van der Waals surface area contributed by atoms with Crippen LogP contribution in [0.5, 0.6) is 0 Å². The van der Waals surface area contributed by atoms with Gasteiger partial charge in [-0.2, -0.15) is 5.10 Å². The van der Waals surface area contributed by atoms with Crippen molar-refractivity contribution >= 4 is 5.97 Å². The zero-order chi connectivity index (χ0) is 15.7. The van der Waals surface area contributed by atoms with Crippen molar-refractivity contribution in [1.29, 1.82) is 0 Å². The highest BCUT2D eigenvalue weighted by Gasteiger charge is 2.33. The summed E-state index contributed by atoms with van der Waals surface area (Å²) in [6.07, 6.45) is 1.48. The predicted molar refractivity (Wildman–Crippen MR) is 82.3 cm³/mol. The normalized spacial score (nSPS) is 25.0. The third-order valence-electron chi connectivity index (χ3n) is 4.93. The summed E-state index contributed by atoms with van der Waals surface area (Å²) in [4.78, 5) is 13.6. The van der Waals surface area contributed by atoms with Crippen LogP contribution >= 0.6 is 0 Å². The van der Waals surface area contributed by atoms with Gasteiger partial charge in [0.2, 0.25) is 0 Å². The Morgan fingerprint density at radius 1 is 1.48 bits per heavy atom. The molecule has 1 N–H and O–H groups in total. The van der Waals surface area contributed by atoms with Gasteiger partial charge >= 0.3 is 5.97 Å². The van der Waals surface area contributed by atoms with Crippen LogP contribution in [0, 0.1) is 19.8 Å². The molecule has 0 radical (unpaired) electrons. The highest BCUT2D eigenvalue weighted by Crippen LogP contribution is 2.33. The number of aryl methyl sites for hydroxylation is 2. The molecule has 0 aromatic carbocycles. The molecule has 5 nitrogen and oxygen atoms in total. The Balaban J connectivity index is 2.19. The molecule has 1 saturated heterocycles. The summed E-state index contributed by atoms with van der Waals surface area (Å²) in [5.74, 6) is -0.843. The minimum absolute atomic E-state index is 0.191. The Hall–Kier alpha value is -1.36. The summed E-state index contributed by atoms with van der Waals surface area (Å²) in [5, 5.41) is 13.8. The number of hydrogen-bond acceptors (Lipinski definition) is 3. The lowest BCUT2D eigenvalue weighted by Crippen LogP contribution is -2.44. The number of likely N-dealkylation sites (tertiary alicyclic amines) is 1. The number of hydrogen-bond donors (Lipinski definition) is 1. The molecule has 1 aromatic rings. The number of carboxylic acid groups (broad SMARTS) is 1. The second-order valence-electron chi connectivity index (χ2n) is 6.22. The Kier molecular flexibility index (Phi) is 4.71. The van der Waals surface area contributed by atoms with E-state index in [2.05, 4.69) is 49.3 Å². The van der Waals surface area contributed by atoms with Gasteiger partial charge in [0.05, 0.1) is 11.6 Å². The van der Waals surface area contributed by atoms with Gasteiger partial charge in [-0.05, 0) is 54.0 Å². The van der Waals surface area contributed by atoms with Crippen LogP contribution in [0.1, 0.15) is 56.6 Å². The maximum absolute atomic E-state index is 11.2. The van der Waals surface area contributed by atoms with Crippen LogP contribution in [-0.2, 0) is 11.3 Å². The second kappa shape index (κ2) is 6.18. The number of nitrogens with zero attached hydrogens (tertiary/aromatic N) is 3. The minimum Gasteiger partial charge on any atom is -0.481 e. The number of carboxylic acids is 1. The highest BCUT2D eigenvalue weighted by molar-refractivity contribution is 5.70. The van der Waals surface area contributed by atoms with E-state index >= 15 is 0 Å². The van der Waals surface area contributed by atoms with E-state index in [4.69, 9.17) is 0 Å². The quantitative estimate of drug-likeness (QED) is 0.927. The fourth-order valence-corrected chi connectivity index (χ4v) is 3.78. The summed E-state index contributed by atoms with van der Waals surface area (Å²) in [7, 11) is 0. The number of aliphatic carboxylic acids is 1. The molecule has 1 aromatic heterocycles. The molecule has 2 rings (SSSR count).